The van der Waals surface area contributed by atoms with Crippen LogP contribution in [-0.4, -0.2) is 24.0 Å². The van der Waals surface area contributed by atoms with Crippen molar-refractivity contribution in [2.75, 3.05) is 18.4 Å². The van der Waals surface area contributed by atoms with Gasteiger partial charge in [-0.05, 0) is 37.8 Å². The van der Waals surface area contributed by atoms with E-state index in [4.69, 9.17) is 0 Å². The molecule has 0 saturated heterocycles. The predicted octanol–water partition coefficient (Wildman–Crippen LogP) is 2.04. The fraction of sp³-hybridized carbons (Fsp3) is 0.538. The van der Waals surface area contributed by atoms with E-state index in [1.54, 1.807) is 6.07 Å². The molecule has 1 amide bonds. The molecule has 0 unspecified atom stereocenters. The average molecular weight is 233 g/mol. The molecule has 0 spiro atoms. The van der Waals surface area contributed by atoms with Crippen LogP contribution in [0.5, 0.6) is 0 Å². The van der Waals surface area contributed by atoms with E-state index in [-0.39, 0.29) is 5.91 Å². The van der Waals surface area contributed by atoms with Crippen molar-refractivity contribution in [3.8, 4) is 0 Å². The third-order valence-corrected chi connectivity index (χ3v) is 3.12. The summed E-state index contributed by atoms with van der Waals surface area (Å²) in [5.74, 6) is 1.36. The third kappa shape index (κ3) is 3.19. The highest BCUT2D eigenvalue weighted by Crippen LogP contribution is 2.25. The quantitative estimate of drug-likeness (QED) is 0.818. The summed E-state index contributed by atoms with van der Waals surface area (Å²) in [5.41, 5.74) is 0.489. The van der Waals surface area contributed by atoms with Crippen LogP contribution < -0.4 is 10.6 Å². The van der Waals surface area contributed by atoms with Crippen LogP contribution in [-0.2, 0) is 0 Å². The minimum absolute atomic E-state index is 0.0725. The molecule has 17 heavy (non-hydrogen) atoms. The fourth-order valence-corrected chi connectivity index (χ4v) is 1.87. The fourth-order valence-electron chi connectivity index (χ4n) is 1.87. The molecule has 1 aliphatic carbocycles. The first-order valence-electron chi connectivity index (χ1n) is 6.28. The van der Waals surface area contributed by atoms with Gasteiger partial charge < -0.3 is 10.6 Å². The Bertz CT molecular complexity index is 388. The molecule has 0 bridgehead atoms. The monoisotopic (exact) mass is 233 g/mol. The van der Waals surface area contributed by atoms with Crippen molar-refractivity contribution >= 4 is 11.7 Å². The molecule has 1 saturated carbocycles. The molecule has 2 rings (SSSR count). The normalized spacial score (nSPS) is 15.1. The van der Waals surface area contributed by atoms with Crippen molar-refractivity contribution in [1.82, 2.24) is 10.3 Å². The van der Waals surface area contributed by atoms with Crippen molar-refractivity contribution in [2.45, 2.75) is 26.2 Å². The number of hydrogen-bond acceptors (Lipinski definition) is 3. The van der Waals surface area contributed by atoms with Crippen molar-refractivity contribution in [2.24, 2.45) is 5.92 Å². The smallest absolute Gasteiger partial charge is 0.269 e. The minimum atomic E-state index is -0.0725. The summed E-state index contributed by atoms with van der Waals surface area (Å²) in [6.45, 7) is 3.59. The van der Waals surface area contributed by atoms with Gasteiger partial charge in [-0.15, -0.1) is 0 Å². The number of carbonyl (C=O) groups excluding carboxylic acids is 1. The summed E-state index contributed by atoms with van der Waals surface area (Å²) in [7, 11) is 0. The van der Waals surface area contributed by atoms with E-state index in [9.17, 15) is 4.79 Å². The zero-order chi connectivity index (χ0) is 12.1. The molecule has 2 N–H and O–H groups in total. The number of hydrogen-bond donors (Lipinski definition) is 2. The lowest BCUT2D eigenvalue weighted by Gasteiger charge is -2.25. The zero-order valence-electron chi connectivity index (χ0n) is 10.2. The molecule has 0 radical (unpaired) electrons. The van der Waals surface area contributed by atoms with Gasteiger partial charge in [0.1, 0.15) is 11.5 Å². The van der Waals surface area contributed by atoms with E-state index in [1.807, 2.05) is 19.1 Å². The van der Waals surface area contributed by atoms with Gasteiger partial charge in [0.25, 0.3) is 5.91 Å². The van der Waals surface area contributed by atoms with Crippen molar-refractivity contribution in [1.29, 1.82) is 0 Å². The highest BCUT2D eigenvalue weighted by molar-refractivity contribution is 5.92. The van der Waals surface area contributed by atoms with Crippen LogP contribution in [0, 0.1) is 5.92 Å². The topological polar surface area (TPSA) is 54.0 Å². The Morgan fingerprint density at radius 2 is 2.29 bits per heavy atom. The summed E-state index contributed by atoms with van der Waals surface area (Å²) in [4.78, 5) is 16.1. The number of pyridine rings is 1. The molecule has 1 fully saturated rings. The second-order valence-electron chi connectivity index (χ2n) is 4.45. The molecule has 0 atom stereocenters. The van der Waals surface area contributed by atoms with E-state index < -0.39 is 0 Å². The molecular weight excluding hydrogens is 214 g/mol. The summed E-state index contributed by atoms with van der Waals surface area (Å²) < 4.78 is 0. The molecular formula is C13H19N3O. The largest absolute Gasteiger partial charge is 0.370 e. The van der Waals surface area contributed by atoms with E-state index in [0.717, 1.165) is 18.9 Å². The van der Waals surface area contributed by atoms with Crippen molar-refractivity contribution < 1.29 is 4.79 Å². The summed E-state index contributed by atoms with van der Waals surface area (Å²) >= 11 is 0. The van der Waals surface area contributed by atoms with Crippen LogP contribution in [0.1, 0.15) is 36.7 Å². The van der Waals surface area contributed by atoms with Crippen molar-refractivity contribution in [3.05, 3.63) is 23.9 Å². The summed E-state index contributed by atoms with van der Waals surface area (Å²) in [6.07, 6.45) is 3.78. The number of carbonyl (C=O) groups is 1. The highest BCUT2D eigenvalue weighted by Gasteiger charge is 2.18. The molecule has 1 aromatic heterocycles. The van der Waals surface area contributed by atoms with Gasteiger partial charge in [-0.2, -0.15) is 0 Å². The SMILES string of the molecule is CCNc1cccc(C(=O)NCC2CCC2)n1. The van der Waals surface area contributed by atoms with Crippen LogP contribution in [0.2, 0.25) is 0 Å². The van der Waals surface area contributed by atoms with Gasteiger partial charge in [0, 0.05) is 13.1 Å². The second kappa shape index (κ2) is 5.66. The lowest BCUT2D eigenvalue weighted by Crippen LogP contribution is -2.32. The number of nitrogens with zero attached hydrogens (tertiary/aromatic N) is 1. The third-order valence-electron chi connectivity index (χ3n) is 3.12. The maximum Gasteiger partial charge on any atom is 0.269 e. The van der Waals surface area contributed by atoms with E-state index in [1.165, 1.54) is 19.3 Å². The Hall–Kier alpha value is -1.58. The van der Waals surface area contributed by atoms with Crippen LogP contribution in [0.4, 0.5) is 5.82 Å². The number of rotatable bonds is 5. The number of amides is 1. The van der Waals surface area contributed by atoms with Crippen LogP contribution in [0.3, 0.4) is 0 Å². The molecule has 92 valence electrons. The Kier molecular flexibility index (Phi) is 3.96. The van der Waals surface area contributed by atoms with Gasteiger partial charge in [-0.3, -0.25) is 4.79 Å². The lowest BCUT2D eigenvalue weighted by molar-refractivity contribution is 0.0934. The molecule has 0 aliphatic heterocycles. The standard InChI is InChI=1S/C13H19N3O/c1-2-14-12-8-4-7-11(16-12)13(17)15-9-10-5-3-6-10/h4,7-8,10H,2-3,5-6,9H2,1H3,(H,14,16)(H,15,17). The highest BCUT2D eigenvalue weighted by atomic mass is 16.1. The van der Waals surface area contributed by atoms with Crippen LogP contribution in [0.15, 0.2) is 18.2 Å². The summed E-state index contributed by atoms with van der Waals surface area (Å²) in [6, 6.07) is 5.46. The van der Waals surface area contributed by atoms with E-state index in [0.29, 0.717) is 11.6 Å². The lowest BCUT2D eigenvalue weighted by atomic mass is 9.85. The van der Waals surface area contributed by atoms with E-state index in [2.05, 4.69) is 15.6 Å². The Balaban J connectivity index is 1.90. The number of aromatic nitrogens is 1. The average Bonchev–Trinajstić information content (AvgIpc) is 2.27. The van der Waals surface area contributed by atoms with Gasteiger partial charge in [-0.25, -0.2) is 4.98 Å². The van der Waals surface area contributed by atoms with Gasteiger partial charge >= 0.3 is 0 Å². The molecule has 1 aliphatic rings. The maximum absolute atomic E-state index is 11.8. The molecule has 0 aromatic carbocycles. The van der Waals surface area contributed by atoms with E-state index >= 15 is 0 Å². The number of nitrogens with one attached hydrogen (secondary N) is 2. The first kappa shape index (κ1) is 11.9. The first-order chi connectivity index (χ1) is 8.29. The zero-order valence-corrected chi connectivity index (χ0v) is 10.2. The van der Waals surface area contributed by atoms with Crippen LogP contribution >= 0.6 is 0 Å². The van der Waals surface area contributed by atoms with Gasteiger partial charge in [0.05, 0.1) is 0 Å². The van der Waals surface area contributed by atoms with Crippen LogP contribution in [0.25, 0.3) is 0 Å². The second-order valence-corrected chi connectivity index (χ2v) is 4.45. The molecule has 4 nitrogen and oxygen atoms in total. The van der Waals surface area contributed by atoms with Gasteiger partial charge in [-0.1, -0.05) is 12.5 Å². The van der Waals surface area contributed by atoms with Crippen molar-refractivity contribution in [3.63, 3.8) is 0 Å². The van der Waals surface area contributed by atoms with Gasteiger partial charge in [0.2, 0.25) is 0 Å². The first-order valence-corrected chi connectivity index (χ1v) is 6.28. The predicted molar refractivity (Wildman–Crippen MR) is 68.1 cm³/mol. The Morgan fingerprint density at radius 1 is 1.47 bits per heavy atom. The Morgan fingerprint density at radius 3 is 2.94 bits per heavy atom. The molecule has 1 aromatic rings. The molecule has 4 heteroatoms. The van der Waals surface area contributed by atoms with Gasteiger partial charge in [0.15, 0.2) is 0 Å². The maximum atomic E-state index is 11.8. The summed E-state index contributed by atoms with van der Waals surface area (Å²) in [5, 5.41) is 6.04. The minimum Gasteiger partial charge on any atom is -0.370 e. The number of anilines is 1. The Labute approximate surface area is 102 Å². The molecule has 1 heterocycles.